The van der Waals surface area contributed by atoms with Crippen molar-refractivity contribution in [2.24, 2.45) is 11.8 Å². The van der Waals surface area contributed by atoms with Gasteiger partial charge in [-0.1, -0.05) is 5.16 Å². The third-order valence-corrected chi connectivity index (χ3v) is 5.66. The first-order valence-electron chi connectivity index (χ1n) is 9.63. The normalized spacial score (nSPS) is 18.0. The monoisotopic (exact) mass is 372 g/mol. The second-order valence-corrected chi connectivity index (χ2v) is 7.61. The van der Waals surface area contributed by atoms with Crippen molar-refractivity contribution in [1.29, 1.82) is 0 Å². The number of rotatable bonds is 7. The molecule has 7 nitrogen and oxygen atoms in total. The molecule has 1 N–H and O–H groups in total. The molecule has 1 amide bonds. The maximum absolute atomic E-state index is 11.4. The summed E-state index contributed by atoms with van der Waals surface area (Å²) in [5.41, 5.74) is 1.92. The van der Waals surface area contributed by atoms with Crippen molar-refractivity contribution in [1.82, 2.24) is 10.1 Å². The van der Waals surface area contributed by atoms with Crippen LogP contribution in [0.2, 0.25) is 0 Å². The Balaban J connectivity index is 1.44. The maximum atomic E-state index is 11.4. The fourth-order valence-electron chi connectivity index (χ4n) is 3.71. The molecule has 2 aromatic rings. The summed E-state index contributed by atoms with van der Waals surface area (Å²) >= 11 is 0. The Bertz CT molecular complexity index is 834. The zero-order valence-corrected chi connectivity index (χ0v) is 15.2. The van der Waals surface area contributed by atoms with Crippen LogP contribution in [0.3, 0.4) is 0 Å². The number of aromatic nitrogens is 1. The van der Waals surface area contributed by atoms with Gasteiger partial charge in [-0.2, -0.15) is 0 Å². The van der Waals surface area contributed by atoms with Gasteiger partial charge in [-0.15, -0.1) is 0 Å². The first kappa shape index (κ1) is 17.8. The van der Waals surface area contributed by atoms with Gasteiger partial charge in [0.05, 0.1) is 17.9 Å². The first-order valence-corrected chi connectivity index (χ1v) is 9.63. The predicted octanol–water partition coefficient (Wildman–Crippen LogP) is 3.75. The minimum atomic E-state index is -0.833. The van der Waals surface area contributed by atoms with Gasteiger partial charge in [-0.05, 0) is 62.5 Å². The van der Waals surface area contributed by atoms with Gasteiger partial charge >= 0.3 is 6.09 Å². The van der Waals surface area contributed by atoms with Crippen molar-refractivity contribution in [3.8, 4) is 5.75 Å². The topological polar surface area (TPSA) is 92.9 Å². The van der Waals surface area contributed by atoms with Crippen LogP contribution in [0.25, 0.3) is 11.0 Å². The molecule has 0 radical (unpaired) electrons. The molecule has 1 aromatic carbocycles. The molecule has 144 valence electrons. The van der Waals surface area contributed by atoms with E-state index in [1.54, 1.807) is 6.07 Å². The zero-order valence-electron chi connectivity index (χ0n) is 15.2. The molecule has 0 unspecified atom stereocenters. The standard InChI is InChI=1S/C20H24N2O5/c23-11-15-4-5-16-17(6-3-13-7-9-22(10-8-13)20(24)25)21-27-19(16)18(15)26-12-14-1-2-14/h4-5,11,13-14H,1-3,6-10,12H2,(H,24,25). The highest BCUT2D eigenvalue weighted by molar-refractivity contribution is 5.93. The molecule has 27 heavy (non-hydrogen) atoms. The van der Waals surface area contributed by atoms with Crippen LogP contribution in [-0.4, -0.2) is 47.2 Å². The minimum absolute atomic E-state index is 0.492. The molecule has 0 spiro atoms. The number of hydrogen-bond donors (Lipinski definition) is 1. The Morgan fingerprint density at radius 3 is 2.70 bits per heavy atom. The molecule has 0 atom stereocenters. The number of nitrogens with zero attached hydrogens (tertiary/aromatic N) is 2. The van der Waals surface area contributed by atoms with E-state index >= 15 is 0 Å². The Labute approximate surface area is 157 Å². The van der Waals surface area contributed by atoms with E-state index in [0.717, 1.165) is 43.0 Å². The molecular formula is C20H24N2O5. The summed E-state index contributed by atoms with van der Waals surface area (Å²) < 4.78 is 11.4. The van der Waals surface area contributed by atoms with E-state index in [-0.39, 0.29) is 0 Å². The summed E-state index contributed by atoms with van der Waals surface area (Å²) in [5.74, 6) is 1.58. The Morgan fingerprint density at radius 2 is 2.04 bits per heavy atom. The van der Waals surface area contributed by atoms with Crippen LogP contribution in [0.5, 0.6) is 5.75 Å². The second-order valence-electron chi connectivity index (χ2n) is 7.61. The second kappa shape index (κ2) is 7.58. The van der Waals surface area contributed by atoms with Crippen LogP contribution in [0, 0.1) is 11.8 Å². The Hall–Kier alpha value is -2.57. The molecule has 4 rings (SSSR count). The number of amides is 1. The number of fused-ring (bicyclic) bond motifs is 1. The molecule has 2 fully saturated rings. The smallest absolute Gasteiger partial charge is 0.407 e. The number of likely N-dealkylation sites (tertiary alicyclic amines) is 1. The Kier molecular flexibility index (Phi) is 5.01. The van der Waals surface area contributed by atoms with Gasteiger partial charge in [-0.3, -0.25) is 4.79 Å². The average Bonchev–Trinajstić information content (AvgIpc) is 3.43. The highest BCUT2D eigenvalue weighted by Crippen LogP contribution is 2.35. The lowest BCUT2D eigenvalue weighted by molar-refractivity contribution is 0.111. The van der Waals surface area contributed by atoms with Gasteiger partial charge in [0.15, 0.2) is 12.0 Å². The van der Waals surface area contributed by atoms with E-state index in [9.17, 15) is 9.59 Å². The maximum Gasteiger partial charge on any atom is 0.407 e. The lowest BCUT2D eigenvalue weighted by atomic mass is 9.91. The Morgan fingerprint density at radius 1 is 1.26 bits per heavy atom. The summed E-state index contributed by atoms with van der Waals surface area (Å²) in [6.45, 7) is 1.81. The van der Waals surface area contributed by atoms with Gasteiger partial charge < -0.3 is 19.3 Å². The lowest BCUT2D eigenvalue weighted by Gasteiger charge is -2.29. The van der Waals surface area contributed by atoms with Crippen LogP contribution in [-0.2, 0) is 6.42 Å². The van der Waals surface area contributed by atoms with E-state index in [1.807, 2.05) is 6.07 Å². The summed E-state index contributed by atoms with van der Waals surface area (Å²) in [5, 5.41) is 14.2. The first-order chi connectivity index (χ1) is 13.2. The molecule has 7 heteroatoms. The molecule has 1 aromatic heterocycles. The number of aryl methyl sites for hydroxylation is 1. The van der Waals surface area contributed by atoms with Crippen molar-refractivity contribution in [3.63, 3.8) is 0 Å². The predicted molar refractivity (Wildman–Crippen MR) is 98.3 cm³/mol. The number of carboxylic acid groups (broad SMARTS) is 1. The van der Waals surface area contributed by atoms with Crippen molar-refractivity contribution >= 4 is 23.3 Å². The highest BCUT2D eigenvalue weighted by Gasteiger charge is 2.25. The van der Waals surface area contributed by atoms with E-state index in [4.69, 9.17) is 14.4 Å². The fraction of sp³-hybridized carbons (Fsp3) is 0.550. The summed E-state index contributed by atoms with van der Waals surface area (Å²) in [6, 6.07) is 3.64. The van der Waals surface area contributed by atoms with Crippen LogP contribution >= 0.6 is 0 Å². The fourth-order valence-corrected chi connectivity index (χ4v) is 3.71. The van der Waals surface area contributed by atoms with Crippen LogP contribution in [0.1, 0.15) is 48.2 Å². The van der Waals surface area contributed by atoms with Gasteiger partial charge in [0.25, 0.3) is 0 Å². The summed E-state index contributed by atoms with van der Waals surface area (Å²) in [7, 11) is 0. The van der Waals surface area contributed by atoms with E-state index in [0.29, 0.717) is 48.4 Å². The van der Waals surface area contributed by atoms with Gasteiger partial charge in [0.2, 0.25) is 5.58 Å². The van der Waals surface area contributed by atoms with Crippen molar-refractivity contribution < 1.29 is 24.0 Å². The average molecular weight is 372 g/mol. The number of ether oxygens (including phenoxy) is 1. The number of aldehydes is 1. The molecule has 2 heterocycles. The number of carbonyl (C=O) groups is 2. The van der Waals surface area contributed by atoms with Crippen LogP contribution < -0.4 is 4.74 Å². The molecule has 1 aliphatic carbocycles. The van der Waals surface area contributed by atoms with Gasteiger partial charge in [-0.25, -0.2) is 4.79 Å². The molecule has 1 aliphatic heterocycles. The quantitative estimate of drug-likeness (QED) is 0.744. The van der Waals surface area contributed by atoms with Crippen molar-refractivity contribution in [2.75, 3.05) is 19.7 Å². The van der Waals surface area contributed by atoms with Crippen LogP contribution in [0.15, 0.2) is 16.7 Å². The third-order valence-electron chi connectivity index (χ3n) is 5.66. The van der Waals surface area contributed by atoms with Crippen LogP contribution in [0.4, 0.5) is 4.79 Å². The highest BCUT2D eigenvalue weighted by atomic mass is 16.5. The zero-order chi connectivity index (χ0) is 18.8. The summed E-state index contributed by atoms with van der Waals surface area (Å²) in [6.07, 6.45) is 5.79. The third kappa shape index (κ3) is 3.91. The number of carbonyl (C=O) groups excluding carboxylic acids is 1. The number of piperidine rings is 1. The molecule has 0 bridgehead atoms. The number of hydrogen-bond acceptors (Lipinski definition) is 5. The van der Waals surface area contributed by atoms with Gasteiger partial charge in [0, 0.05) is 18.5 Å². The number of benzene rings is 1. The molecule has 1 saturated heterocycles. The molecule has 2 aliphatic rings. The summed E-state index contributed by atoms with van der Waals surface area (Å²) in [4.78, 5) is 23.8. The van der Waals surface area contributed by atoms with E-state index in [1.165, 1.54) is 17.7 Å². The molecule has 1 saturated carbocycles. The largest absolute Gasteiger partial charge is 0.488 e. The van der Waals surface area contributed by atoms with Crippen molar-refractivity contribution in [2.45, 2.75) is 38.5 Å². The van der Waals surface area contributed by atoms with Gasteiger partial charge in [0.1, 0.15) is 0 Å². The minimum Gasteiger partial charge on any atom is -0.488 e. The SMILES string of the molecule is O=Cc1ccc2c(CCC3CCN(C(=O)O)CC3)noc2c1OCC1CC1. The van der Waals surface area contributed by atoms with E-state index < -0.39 is 6.09 Å². The van der Waals surface area contributed by atoms with E-state index in [2.05, 4.69) is 5.16 Å². The van der Waals surface area contributed by atoms with Crippen molar-refractivity contribution in [3.05, 3.63) is 23.4 Å². The lowest BCUT2D eigenvalue weighted by Crippen LogP contribution is -2.37. The molecular weight excluding hydrogens is 348 g/mol.